The zero-order valence-electron chi connectivity index (χ0n) is 20.7. The molecule has 4 rings (SSSR count). The summed E-state index contributed by atoms with van der Waals surface area (Å²) in [4.78, 5) is 27.8. The first-order valence-corrected chi connectivity index (χ1v) is 13.2. The van der Waals surface area contributed by atoms with E-state index >= 15 is 0 Å². The van der Waals surface area contributed by atoms with Crippen molar-refractivity contribution in [1.82, 2.24) is 14.7 Å². The van der Waals surface area contributed by atoms with Crippen LogP contribution < -0.4 is 19.7 Å². The molecule has 3 aromatic rings. The monoisotopic (exact) mass is 589 g/mol. The van der Waals surface area contributed by atoms with Crippen LogP contribution in [0.4, 0.5) is 29.3 Å². The Hall–Kier alpha value is -3.72. The first-order chi connectivity index (χ1) is 18.1. The minimum absolute atomic E-state index is 0.0273. The lowest BCUT2D eigenvalue weighted by Crippen LogP contribution is -2.48. The summed E-state index contributed by atoms with van der Waals surface area (Å²) in [6, 6.07) is 8.65. The number of nitrogens with one attached hydrogen (secondary N) is 2. The van der Waals surface area contributed by atoms with E-state index in [1.54, 1.807) is 18.2 Å². The second kappa shape index (κ2) is 10.1. The van der Waals surface area contributed by atoms with E-state index in [4.69, 9.17) is 16.3 Å². The molecule has 16 heteroatoms. The average molecular weight is 590 g/mol. The van der Waals surface area contributed by atoms with Gasteiger partial charge in [0.05, 0.1) is 18.8 Å². The van der Waals surface area contributed by atoms with Gasteiger partial charge in [-0.1, -0.05) is 17.7 Å². The number of nitrogens with zero attached hydrogens (tertiary/aromatic N) is 3. The van der Waals surface area contributed by atoms with Gasteiger partial charge < -0.3 is 14.8 Å². The highest BCUT2D eigenvalue weighted by Crippen LogP contribution is 2.40. The number of benzene rings is 1. The van der Waals surface area contributed by atoms with Crippen molar-refractivity contribution in [3.05, 3.63) is 47.7 Å². The van der Waals surface area contributed by atoms with E-state index in [9.17, 15) is 31.2 Å². The number of aromatic nitrogens is 2. The highest BCUT2D eigenvalue weighted by Gasteiger charge is 2.51. The van der Waals surface area contributed by atoms with Crippen molar-refractivity contribution in [1.29, 1.82) is 0 Å². The summed E-state index contributed by atoms with van der Waals surface area (Å²) in [6.07, 6.45) is -5.58. The van der Waals surface area contributed by atoms with Crippen molar-refractivity contribution in [2.75, 3.05) is 22.7 Å². The van der Waals surface area contributed by atoms with Gasteiger partial charge in [0.2, 0.25) is 11.5 Å². The topological polar surface area (TPSA) is 131 Å². The Kier molecular flexibility index (Phi) is 7.33. The van der Waals surface area contributed by atoms with Gasteiger partial charge in [-0.05, 0) is 44.2 Å². The minimum Gasteiger partial charge on any atom is -0.484 e. The summed E-state index contributed by atoms with van der Waals surface area (Å²) in [5.41, 5.74) is -2.61. The van der Waals surface area contributed by atoms with E-state index in [0.717, 1.165) is 4.31 Å². The molecule has 39 heavy (non-hydrogen) atoms. The Bertz CT molecular complexity index is 1540. The van der Waals surface area contributed by atoms with Gasteiger partial charge in [-0.3, -0.25) is 18.8 Å². The number of sulfonamides is 1. The molecule has 1 unspecified atom stereocenters. The highest BCUT2D eigenvalue weighted by atomic mass is 35.5. The van der Waals surface area contributed by atoms with Gasteiger partial charge in [-0.2, -0.15) is 21.6 Å². The van der Waals surface area contributed by atoms with Crippen LogP contribution in [-0.4, -0.2) is 60.8 Å². The molecule has 3 heterocycles. The highest BCUT2D eigenvalue weighted by molar-refractivity contribution is 7.92. The van der Waals surface area contributed by atoms with Gasteiger partial charge in [-0.25, -0.2) is 9.78 Å². The molecule has 1 aliphatic heterocycles. The maximum Gasteiger partial charge on any atom is 0.427 e. The average Bonchev–Trinajstić information content (AvgIpc) is 3.17. The number of hydrogen-bond acceptors (Lipinski definition) is 7. The molecular formula is C23H23ClF3N5O6S. The van der Waals surface area contributed by atoms with Crippen LogP contribution in [0.15, 0.2) is 47.6 Å². The van der Waals surface area contributed by atoms with Crippen molar-refractivity contribution in [3.8, 4) is 5.75 Å². The third-order valence-corrected chi connectivity index (χ3v) is 7.91. The van der Waals surface area contributed by atoms with Crippen LogP contribution in [0.25, 0.3) is 5.65 Å². The molecule has 2 amide bonds. The van der Waals surface area contributed by atoms with E-state index < -0.39 is 34.0 Å². The molecule has 0 spiro atoms. The third-order valence-electron chi connectivity index (χ3n) is 5.73. The van der Waals surface area contributed by atoms with E-state index in [0.29, 0.717) is 13.8 Å². The summed E-state index contributed by atoms with van der Waals surface area (Å²) in [5.74, 6) is -0.289. The summed E-state index contributed by atoms with van der Waals surface area (Å²) in [7, 11) is -4.44. The number of ether oxygens (including phenoxy) is 2. The zero-order valence-corrected chi connectivity index (χ0v) is 22.3. The number of anilines is 2. The smallest absolute Gasteiger partial charge is 0.427 e. The fourth-order valence-corrected chi connectivity index (χ4v) is 5.80. The second-order valence-electron chi connectivity index (χ2n) is 9.05. The molecule has 2 aromatic heterocycles. The predicted molar refractivity (Wildman–Crippen MR) is 135 cm³/mol. The number of rotatable bonds is 6. The number of pyridine rings is 1. The quantitative estimate of drug-likeness (QED) is 0.445. The number of fused-ring (bicyclic) bond motifs is 2. The van der Waals surface area contributed by atoms with Crippen LogP contribution in [0.1, 0.15) is 20.8 Å². The van der Waals surface area contributed by atoms with Crippen molar-refractivity contribution < 1.29 is 40.7 Å². The Morgan fingerprint density at radius 2 is 1.95 bits per heavy atom. The van der Waals surface area contributed by atoms with E-state index in [-0.39, 0.29) is 51.9 Å². The molecule has 1 aromatic carbocycles. The van der Waals surface area contributed by atoms with Crippen LogP contribution in [0.5, 0.6) is 5.75 Å². The molecular weight excluding hydrogens is 567 g/mol. The molecule has 210 valence electrons. The minimum atomic E-state index is -4.82. The molecule has 1 aliphatic rings. The number of halogens is 4. The Labute approximate surface area is 225 Å². The number of alkyl halides is 3. The van der Waals surface area contributed by atoms with Gasteiger partial charge in [0.15, 0.2) is 10.2 Å². The van der Waals surface area contributed by atoms with Gasteiger partial charge >= 0.3 is 12.3 Å². The Morgan fingerprint density at radius 1 is 1.23 bits per heavy atom. The maximum absolute atomic E-state index is 14.0. The van der Waals surface area contributed by atoms with Crippen LogP contribution in [0.2, 0.25) is 5.15 Å². The normalized spacial score (nSPS) is 15.9. The third kappa shape index (κ3) is 5.68. The number of carbonyl (C=O) groups is 2. The van der Waals surface area contributed by atoms with Crippen LogP contribution in [0, 0.1) is 0 Å². The van der Waals surface area contributed by atoms with Gasteiger partial charge in [0.1, 0.15) is 17.5 Å². The molecule has 2 N–H and O–H groups in total. The Morgan fingerprint density at radius 3 is 2.62 bits per heavy atom. The molecule has 0 radical (unpaired) electrons. The zero-order chi connectivity index (χ0) is 28.8. The van der Waals surface area contributed by atoms with Gasteiger partial charge in [-0.15, -0.1) is 0 Å². The molecule has 0 saturated carbocycles. The number of carbonyl (C=O) groups excluding carboxylic acids is 2. The fraction of sp³-hybridized carbons (Fsp3) is 0.348. The summed E-state index contributed by atoms with van der Waals surface area (Å²) < 4.78 is 80.0. The molecule has 1 atom stereocenters. The van der Waals surface area contributed by atoms with E-state index in [2.05, 4.69) is 20.4 Å². The predicted octanol–water partition coefficient (Wildman–Crippen LogP) is 3.97. The van der Waals surface area contributed by atoms with Crippen LogP contribution >= 0.6 is 11.6 Å². The number of imidazole rings is 1. The van der Waals surface area contributed by atoms with Crippen molar-refractivity contribution in [2.24, 2.45) is 0 Å². The van der Waals surface area contributed by atoms with Crippen molar-refractivity contribution >= 4 is 50.6 Å². The SMILES string of the molecule is CC(=O)NCC1CN(S(=O)(=O)c2c(Cl)nc3ccccn23)c2cc(NC(=O)OC(C)(C)C(F)(F)F)ccc2O1. The lowest BCUT2D eigenvalue weighted by Gasteiger charge is -2.35. The number of hydrogen-bond donors (Lipinski definition) is 2. The molecule has 0 fully saturated rings. The van der Waals surface area contributed by atoms with Crippen LogP contribution in [0.3, 0.4) is 0 Å². The lowest BCUT2D eigenvalue weighted by atomic mass is 10.1. The van der Waals surface area contributed by atoms with Gasteiger partial charge in [0.25, 0.3) is 10.0 Å². The van der Waals surface area contributed by atoms with E-state index in [1.165, 1.54) is 35.7 Å². The second-order valence-corrected chi connectivity index (χ2v) is 11.2. The van der Waals surface area contributed by atoms with Gasteiger partial charge in [0, 0.05) is 18.8 Å². The van der Waals surface area contributed by atoms with E-state index in [1.807, 2.05) is 0 Å². The maximum atomic E-state index is 14.0. The Balaban J connectivity index is 1.73. The first kappa shape index (κ1) is 28.3. The van der Waals surface area contributed by atoms with Crippen molar-refractivity contribution in [3.63, 3.8) is 0 Å². The summed E-state index contributed by atoms with van der Waals surface area (Å²) in [5, 5.41) is 4.12. The summed E-state index contributed by atoms with van der Waals surface area (Å²) in [6.45, 7) is 2.37. The fourth-order valence-electron chi connectivity index (χ4n) is 3.69. The van der Waals surface area contributed by atoms with Crippen molar-refractivity contribution in [2.45, 2.75) is 43.7 Å². The lowest BCUT2D eigenvalue weighted by molar-refractivity contribution is -0.242. The standard InChI is InChI=1S/C23H23ClF3N5O6S/c1-13(33)28-11-15-12-32(39(35,36)20-19(24)30-18-6-4-5-9-31(18)20)16-10-14(7-8-17(16)37-15)29-21(34)38-22(2,3)23(25,26)27/h4-10,15H,11-12H2,1-3H3,(H,28,33)(H,29,34). The molecule has 0 bridgehead atoms. The molecule has 0 aliphatic carbocycles. The summed E-state index contributed by atoms with van der Waals surface area (Å²) >= 11 is 6.24. The number of amides is 2. The molecule has 11 nitrogen and oxygen atoms in total. The molecule has 0 saturated heterocycles. The first-order valence-electron chi connectivity index (χ1n) is 11.4. The van der Waals surface area contributed by atoms with Crippen LogP contribution in [-0.2, 0) is 19.6 Å². The largest absolute Gasteiger partial charge is 0.484 e.